The number of furan rings is 1. The summed E-state index contributed by atoms with van der Waals surface area (Å²) in [5, 5.41) is 0. The fourth-order valence-corrected chi connectivity index (χ4v) is 0.515. The summed E-state index contributed by atoms with van der Waals surface area (Å²) >= 11 is 0. The molecular weight excluding hydrogens is 123 g/mol. The van der Waals surface area contributed by atoms with Crippen LogP contribution in [-0.2, 0) is 4.79 Å². The van der Waals surface area contributed by atoms with Crippen molar-refractivity contribution in [2.24, 2.45) is 0 Å². The molecule has 1 atom stereocenters. The molecule has 1 aromatic rings. The van der Waals surface area contributed by atoms with Crippen LogP contribution in [0.25, 0.3) is 0 Å². The molecule has 1 heterocycles. The van der Waals surface area contributed by atoms with Crippen LogP contribution in [0, 0.1) is 0 Å². The van der Waals surface area contributed by atoms with Gasteiger partial charge in [-0.2, -0.15) is 0 Å². The van der Waals surface area contributed by atoms with Crippen LogP contribution in [0.15, 0.2) is 22.8 Å². The lowest BCUT2D eigenvalue weighted by molar-refractivity contribution is -0.112. The monoisotopic (exact) mass is 128 g/mol. The van der Waals surface area contributed by atoms with Crippen molar-refractivity contribution in [3.8, 4) is 0 Å². The maximum Gasteiger partial charge on any atom is 0.212 e. The van der Waals surface area contributed by atoms with Crippen LogP contribution in [0.3, 0.4) is 0 Å². The Labute approximate surface area is 51.3 Å². The van der Waals surface area contributed by atoms with Gasteiger partial charge in [-0.25, -0.2) is 4.39 Å². The molecule has 1 aromatic heterocycles. The first-order valence-corrected chi connectivity index (χ1v) is 2.47. The van der Waals surface area contributed by atoms with E-state index in [2.05, 4.69) is 4.42 Å². The molecule has 0 N–H and O–H groups in total. The topological polar surface area (TPSA) is 30.2 Å². The number of halogens is 1. The second kappa shape index (κ2) is 2.44. The molecule has 1 rings (SSSR count). The Hall–Kier alpha value is -1.12. The van der Waals surface area contributed by atoms with Crippen molar-refractivity contribution in [1.29, 1.82) is 0 Å². The van der Waals surface area contributed by atoms with Gasteiger partial charge in [0.25, 0.3) is 0 Å². The average molecular weight is 128 g/mol. The molecular formula is C6H5FO2. The molecule has 0 fully saturated rings. The predicted molar refractivity (Wildman–Crippen MR) is 28.6 cm³/mol. The van der Waals surface area contributed by atoms with Crippen molar-refractivity contribution in [2.75, 3.05) is 0 Å². The maximum absolute atomic E-state index is 12.2. The van der Waals surface area contributed by atoms with Gasteiger partial charge in [-0.15, -0.1) is 0 Å². The summed E-state index contributed by atoms with van der Waals surface area (Å²) in [7, 11) is 0. The fraction of sp³-hybridized carbons (Fsp3) is 0.167. The van der Waals surface area contributed by atoms with Gasteiger partial charge >= 0.3 is 0 Å². The zero-order chi connectivity index (χ0) is 6.69. The van der Waals surface area contributed by atoms with E-state index in [1.54, 1.807) is 0 Å². The number of aldehydes is 1. The Bertz CT molecular complexity index is 181. The molecule has 3 heteroatoms. The molecule has 48 valence electrons. The van der Waals surface area contributed by atoms with Crippen LogP contribution in [-0.4, -0.2) is 6.29 Å². The van der Waals surface area contributed by atoms with Crippen molar-refractivity contribution in [3.63, 3.8) is 0 Å². The molecule has 0 saturated heterocycles. The zero-order valence-electron chi connectivity index (χ0n) is 4.58. The first-order valence-electron chi connectivity index (χ1n) is 2.47. The summed E-state index contributed by atoms with van der Waals surface area (Å²) in [6.45, 7) is 0. The first kappa shape index (κ1) is 6.01. The van der Waals surface area contributed by atoms with E-state index in [0.717, 1.165) is 0 Å². The van der Waals surface area contributed by atoms with Gasteiger partial charge in [-0.1, -0.05) is 0 Å². The third-order valence-corrected chi connectivity index (χ3v) is 0.934. The lowest BCUT2D eigenvalue weighted by Crippen LogP contribution is -1.87. The van der Waals surface area contributed by atoms with E-state index in [-0.39, 0.29) is 12.0 Å². The van der Waals surface area contributed by atoms with Gasteiger partial charge in [0, 0.05) is 0 Å². The van der Waals surface area contributed by atoms with E-state index in [0.29, 0.717) is 0 Å². The summed E-state index contributed by atoms with van der Waals surface area (Å²) < 4.78 is 16.8. The van der Waals surface area contributed by atoms with E-state index in [1.807, 2.05) is 0 Å². The largest absolute Gasteiger partial charge is 0.466 e. The van der Waals surface area contributed by atoms with Crippen LogP contribution in [0.5, 0.6) is 0 Å². The van der Waals surface area contributed by atoms with Crippen molar-refractivity contribution in [2.45, 2.75) is 6.17 Å². The minimum Gasteiger partial charge on any atom is -0.466 e. The molecule has 2 nitrogen and oxygen atoms in total. The Balaban J connectivity index is 2.76. The highest BCUT2D eigenvalue weighted by molar-refractivity contribution is 5.57. The normalized spacial score (nSPS) is 13.0. The predicted octanol–water partition coefficient (Wildman–Crippen LogP) is 1.49. The Morgan fingerprint density at radius 2 is 2.56 bits per heavy atom. The number of rotatable bonds is 2. The van der Waals surface area contributed by atoms with Gasteiger partial charge in [-0.05, 0) is 12.1 Å². The number of carbonyl (C=O) groups excluding carboxylic acids is 1. The van der Waals surface area contributed by atoms with Crippen LogP contribution >= 0.6 is 0 Å². The van der Waals surface area contributed by atoms with Gasteiger partial charge in [0.15, 0.2) is 6.29 Å². The van der Waals surface area contributed by atoms with Crippen LogP contribution < -0.4 is 0 Å². The fourth-order valence-electron chi connectivity index (χ4n) is 0.515. The maximum atomic E-state index is 12.2. The summed E-state index contributed by atoms with van der Waals surface area (Å²) in [5.74, 6) is 0.0602. The van der Waals surface area contributed by atoms with Gasteiger partial charge in [0.2, 0.25) is 6.17 Å². The number of hydrogen-bond acceptors (Lipinski definition) is 2. The third-order valence-electron chi connectivity index (χ3n) is 0.934. The molecule has 0 bridgehead atoms. The molecule has 0 radical (unpaired) electrons. The lowest BCUT2D eigenvalue weighted by Gasteiger charge is -1.90. The lowest BCUT2D eigenvalue weighted by atomic mass is 10.3. The van der Waals surface area contributed by atoms with Gasteiger partial charge in [0.05, 0.1) is 6.26 Å². The molecule has 0 aromatic carbocycles. The van der Waals surface area contributed by atoms with Crippen molar-refractivity contribution >= 4 is 6.29 Å². The minimum absolute atomic E-state index is 0.0602. The molecule has 1 unspecified atom stereocenters. The molecule has 9 heavy (non-hydrogen) atoms. The first-order chi connectivity index (χ1) is 4.34. The van der Waals surface area contributed by atoms with Crippen LogP contribution in [0.2, 0.25) is 0 Å². The Kier molecular flexibility index (Phi) is 1.63. The molecule has 0 amide bonds. The zero-order valence-corrected chi connectivity index (χ0v) is 4.58. The second-order valence-corrected chi connectivity index (χ2v) is 1.55. The summed E-state index contributed by atoms with van der Waals surface area (Å²) in [6, 6.07) is 2.95. The standard InChI is InChI=1S/C6H5FO2/c7-5(4-8)6-2-1-3-9-6/h1-5H. The van der Waals surface area contributed by atoms with Crippen molar-refractivity contribution in [3.05, 3.63) is 24.2 Å². The van der Waals surface area contributed by atoms with Crippen molar-refractivity contribution in [1.82, 2.24) is 0 Å². The smallest absolute Gasteiger partial charge is 0.212 e. The van der Waals surface area contributed by atoms with Gasteiger partial charge in [0.1, 0.15) is 5.76 Å². The highest BCUT2D eigenvalue weighted by atomic mass is 19.1. The van der Waals surface area contributed by atoms with E-state index >= 15 is 0 Å². The minimum atomic E-state index is -1.61. The highest BCUT2D eigenvalue weighted by Crippen LogP contribution is 2.13. The summed E-state index contributed by atoms with van der Waals surface area (Å²) in [4.78, 5) is 9.77. The second-order valence-electron chi connectivity index (χ2n) is 1.55. The average Bonchev–Trinajstić information content (AvgIpc) is 2.37. The van der Waals surface area contributed by atoms with E-state index in [9.17, 15) is 9.18 Å². The van der Waals surface area contributed by atoms with Crippen LogP contribution in [0.1, 0.15) is 11.9 Å². The number of alkyl halides is 1. The van der Waals surface area contributed by atoms with E-state index in [1.165, 1.54) is 18.4 Å². The Morgan fingerprint density at radius 1 is 1.78 bits per heavy atom. The third kappa shape index (κ3) is 1.16. The molecule has 0 aliphatic rings. The molecule has 0 aliphatic carbocycles. The summed E-state index contributed by atoms with van der Waals surface area (Å²) in [5.41, 5.74) is 0. The number of carbonyl (C=O) groups is 1. The van der Waals surface area contributed by atoms with Crippen LogP contribution in [0.4, 0.5) is 4.39 Å². The van der Waals surface area contributed by atoms with Gasteiger partial charge in [-0.3, -0.25) is 4.79 Å². The number of hydrogen-bond donors (Lipinski definition) is 0. The van der Waals surface area contributed by atoms with Gasteiger partial charge < -0.3 is 4.42 Å². The summed E-state index contributed by atoms with van der Waals surface area (Å²) in [6.07, 6.45) is -0.0930. The SMILES string of the molecule is O=CC(F)c1ccco1. The van der Waals surface area contributed by atoms with E-state index in [4.69, 9.17) is 0 Å². The highest BCUT2D eigenvalue weighted by Gasteiger charge is 2.08. The van der Waals surface area contributed by atoms with E-state index < -0.39 is 6.17 Å². The molecule has 0 aliphatic heterocycles. The van der Waals surface area contributed by atoms with Crippen molar-refractivity contribution < 1.29 is 13.6 Å². The molecule has 0 spiro atoms. The quantitative estimate of drug-likeness (QED) is 0.565. The Morgan fingerprint density at radius 3 is 3.00 bits per heavy atom. The molecule has 0 saturated carbocycles.